The summed E-state index contributed by atoms with van der Waals surface area (Å²) in [7, 11) is 1.73. The molecule has 2 heterocycles. The number of amides is 1. The molecule has 160 valence electrons. The highest BCUT2D eigenvalue weighted by atomic mass is 32.2. The molecular weight excluding hydrogens is 418 g/mol. The van der Waals surface area contributed by atoms with Crippen molar-refractivity contribution < 1.29 is 4.79 Å². The first-order valence-electron chi connectivity index (χ1n) is 10.7. The van der Waals surface area contributed by atoms with Crippen LogP contribution in [0.1, 0.15) is 17.5 Å². The van der Waals surface area contributed by atoms with Crippen molar-refractivity contribution in [1.29, 1.82) is 0 Å². The molecule has 0 bridgehead atoms. The molecule has 0 unspecified atom stereocenters. The summed E-state index contributed by atoms with van der Waals surface area (Å²) in [5.41, 5.74) is 4.90. The summed E-state index contributed by atoms with van der Waals surface area (Å²) in [6.07, 6.45) is 2.17. The first kappa shape index (κ1) is 20.5. The van der Waals surface area contributed by atoms with E-state index in [9.17, 15) is 9.59 Å². The van der Waals surface area contributed by atoms with Crippen molar-refractivity contribution in [2.45, 2.75) is 24.4 Å². The zero-order valence-electron chi connectivity index (χ0n) is 17.8. The number of rotatable bonds is 4. The molecule has 5 rings (SSSR count). The summed E-state index contributed by atoms with van der Waals surface area (Å²) in [6.45, 7) is 0. The van der Waals surface area contributed by atoms with Crippen LogP contribution in [0.3, 0.4) is 0 Å². The number of fused-ring (bicyclic) bond motifs is 3. The number of nitrogens with zero attached hydrogens (tertiary/aromatic N) is 3. The third-order valence-corrected chi connectivity index (χ3v) is 6.90. The van der Waals surface area contributed by atoms with Crippen LogP contribution in [0.15, 0.2) is 82.7 Å². The Kier molecular flexibility index (Phi) is 5.53. The van der Waals surface area contributed by atoms with Crippen LogP contribution < -0.4 is 10.5 Å². The maximum absolute atomic E-state index is 13.5. The number of para-hydroxylation sites is 3. The number of hydrogen-bond donors (Lipinski definition) is 0. The van der Waals surface area contributed by atoms with Gasteiger partial charge in [-0.1, -0.05) is 60.3 Å². The summed E-state index contributed by atoms with van der Waals surface area (Å²) >= 11 is 1.44. The molecule has 5 nitrogen and oxygen atoms in total. The molecule has 1 amide bonds. The second-order valence-electron chi connectivity index (χ2n) is 7.86. The summed E-state index contributed by atoms with van der Waals surface area (Å²) in [4.78, 5) is 32.6. The highest BCUT2D eigenvalue weighted by Crippen LogP contribution is 2.36. The van der Waals surface area contributed by atoms with Crippen molar-refractivity contribution in [3.05, 3.63) is 94.3 Å². The van der Waals surface area contributed by atoms with Crippen molar-refractivity contribution in [2.75, 3.05) is 10.7 Å². The van der Waals surface area contributed by atoms with Gasteiger partial charge >= 0.3 is 0 Å². The van der Waals surface area contributed by atoms with Gasteiger partial charge in [-0.15, -0.1) is 0 Å². The zero-order valence-corrected chi connectivity index (χ0v) is 18.6. The van der Waals surface area contributed by atoms with E-state index in [0.29, 0.717) is 28.2 Å². The van der Waals surface area contributed by atoms with Gasteiger partial charge < -0.3 is 0 Å². The van der Waals surface area contributed by atoms with Gasteiger partial charge in [0.25, 0.3) is 5.56 Å². The Bertz CT molecular complexity index is 1330. The van der Waals surface area contributed by atoms with Gasteiger partial charge in [-0.05, 0) is 48.2 Å². The van der Waals surface area contributed by atoms with Crippen molar-refractivity contribution in [1.82, 2.24) is 9.55 Å². The molecule has 0 N–H and O–H groups in total. The number of aryl methyl sites for hydroxylation is 2. The topological polar surface area (TPSA) is 55.2 Å². The Morgan fingerprint density at radius 2 is 1.50 bits per heavy atom. The van der Waals surface area contributed by atoms with Crippen LogP contribution in [0.2, 0.25) is 0 Å². The number of carbonyl (C=O) groups excluding carboxylic acids is 1. The number of benzene rings is 3. The maximum Gasteiger partial charge on any atom is 0.261 e. The van der Waals surface area contributed by atoms with E-state index >= 15 is 0 Å². The molecule has 0 radical (unpaired) electrons. The Labute approximate surface area is 190 Å². The molecule has 0 saturated heterocycles. The van der Waals surface area contributed by atoms with Crippen LogP contribution in [0.4, 0.5) is 11.4 Å². The van der Waals surface area contributed by atoms with E-state index in [2.05, 4.69) is 17.1 Å². The van der Waals surface area contributed by atoms with Crippen molar-refractivity contribution in [3.8, 4) is 0 Å². The Hall–Kier alpha value is -3.38. The first-order valence-corrected chi connectivity index (χ1v) is 11.7. The van der Waals surface area contributed by atoms with Gasteiger partial charge in [0.15, 0.2) is 5.16 Å². The quantitative estimate of drug-likeness (QED) is 0.335. The van der Waals surface area contributed by atoms with Crippen molar-refractivity contribution in [3.63, 3.8) is 0 Å². The van der Waals surface area contributed by atoms with Crippen molar-refractivity contribution >= 4 is 39.9 Å². The Balaban J connectivity index is 1.40. The molecular formula is C26H23N3O2S. The van der Waals surface area contributed by atoms with E-state index in [0.717, 1.165) is 24.2 Å². The van der Waals surface area contributed by atoms with Gasteiger partial charge in [-0.3, -0.25) is 19.1 Å². The Morgan fingerprint density at radius 1 is 0.906 bits per heavy atom. The minimum Gasteiger partial charge on any atom is -0.290 e. The minimum atomic E-state index is -0.0696. The minimum absolute atomic E-state index is 0.0464. The van der Waals surface area contributed by atoms with Gasteiger partial charge in [0.1, 0.15) is 0 Å². The maximum atomic E-state index is 13.5. The highest BCUT2D eigenvalue weighted by Gasteiger charge is 2.25. The number of anilines is 2. The standard InChI is InChI=1S/C26H23N3O2S/c1-28-25(31)20-10-4-5-11-21(20)27-26(28)32-17-16-24(30)29-22-12-6-2-8-18(22)14-15-19-9-3-7-13-23(19)29/h2-13H,14-17H2,1H3. The average Bonchev–Trinajstić information content (AvgIpc) is 2.99. The molecule has 1 aliphatic rings. The second kappa shape index (κ2) is 8.63. The number of hydrogen-bond acceptors (Lipinski definition) is 4. The van der Waals surface area contributed by atoms with Gasteiger partial charge in [0.2, 0.25) is 5.91 Å². The highest BCUT2D eigenvalue weighted by molar-refractivity contribution is 7.99. The third kappa shape index (κ3) is 3.71. The largest absolute Gasteiger partial charge is 0.290 e. The summed E-state index contributed by atoms with van der Waals surface area (Å²) < 4.78 is 1.56. The fourth-order valence-electron chi connectivity index (χ4n) is 4.22. The van der Waals surface area contributed by atoms with Crippen LogP contribution in [0.5, 0.6) is 0 Å². The number of thioether (sulfide) groups is 1. The lowest BCUT2D eigenvalue weighted by atomic mass is 10.0. The Morgan fingerprint density at radius 3 is 2.19 bits per heavy atom. The zero-order chi connectivity index (χ0) is 22.1. The lowest BCUT2D eigenvalue weighted by Gasteiger charge is -2.25. The number of aromatic nitrogens is 2. The monoisotopic (exact) mass is 441 g/mol. The van der Waals surface area contributed by atoms with E-state index in [4.69, 9.17) is 0 Å². The molecule has 0 fully saturated rings. The fourth-order valence-corrected chi connectivity index (χ4v) is 5.12. The lowest BCUT2D eigenvalue weighted by Crippen LogP contribution is -2.27. The molecule has 1 aliphatic heterocycles. The van der Waals surface area contributed by atoms with Gasteiger partial charge in [-0.2, -0.15) is 0 Å². The van der Waals surface area contributed by atoms with E-state index < -0.39 is 0 Å². The van der Waals surface area contributed by atoms with E-state index in [1.54, 1.807) is 17.7 Å². The summed E-state index contributed by atoms with van der Waals surface area (Å²) in [5, 5.41) is 1.23. The summed E-state index contributed by atoms with van der Waals surface area (Å²) in [5.74, 6) is 0.586. The van der Waals surface area contributed by atoms with Crippen LogP contribution >= 0.6 is 11.8 Å². The van der Waals surface area contributed by atoms with Crippen LogP contribution in [-0.2, 0) is 24.7 Å². The second-order valence-corrected chi connectivity index (χ2v) is 8.92. The molecule has 1 aromatic heterocycles. The van der Waals surface area contributed by atoms with Gasteiger partial charge in [-0.25, -0.2) is 4.98 Å². The first-order chi connectivity index (χ1) is 15.6. The lowest BCUT2D eigenvalue weighted by molar-refractivity contribution is -0.117. The van der Waals surface area contributed by atoms with Crippen LogP contribution in [0.25, 0.3) is 10.9 Å². The molecule has 0 atom stereocenters. The van der Waals surface area contributed by atoms with Gasteiger partial charge in [0, 0.05) is 19.2 Å². The van der Waals surface area contributed by atoms with Crippen LogP contribution in [-0.4, -0.2) is 21.2 Å². The molecule has 4 aromatic rings. The van der Waals surface area contributed by atoms with Crippen LogP contribution in [0, 0.1) is 0 Å². The van der Waals surface area contributed by atoms with Crippen molar-refractivity contribution in [2.24, 2.45) is 7.05 Å². The predicted octanol–water partition coefficient (Wildman–Crippen LogP) is 4.88. The predicted molar refractivity (Wildman–Crippen MR) is 130 cm³/mol. The molecule has 32 heavy (non-hydrogen) atoms. The van der Waals surface area contributed by atoms with E-state index in [1.165, 1.54) is 22.9 Å². The molecule has 6 heteroatoms. The normalized spacial score (nSPS) is 12.8. The fraction of sp³-hybridized carbons (Fsp3) is 0.192. The number of carbonyl (C=O) groups is 1. The molecule has 3 aromatic carbocycles. The van der Waals surface area contributed by atoms with E-state index in [1.807, 2.05) is 59.5 Å². The van der Waals surface area contributed by atoms with E-state index in [-0.39, 0.29) is 11.5 Å². The smallest absolute Gasteiger partial charge is 0.261 e. The SMILES string of the molecule is Cn1c(SCCC(=O)N2c3ccccc3CCc3ccccc32)nc2ccccc2c1=O. The molecule has 0 spiro atoms. The molecule has 0 aliphatic carbocycles. The van der Waals surface area contributed by atoms with Gasteiger partial charge in [0.05, 0.1) is 22.3 Å². The third-order valence-electron chi connectivity index (χ3n) is 5.87. The molecule has 0 saturated carbocycles. The average molecular weight is 442 g/mol. The summed E-state index contributed by atoms with van der Waals surface area (Å²) in [6, 6.07) is 23.6.